The number of allylic oxidation sites excluding steroid dienone is 27. The molecule has 0 aromatic rings. The van der Waals surface area contributed by atoms with Crippen LogP contribution in [0.3, 0.4) is 0 Å². The molecule has 0 fully saturated rings. The zero-order valence-corrected chi connectivity index (χ0v) is 47.5. The number of esters is 3. The molecule has 0 aliphatic heterocycles. The van der Waals surface area contributed by atoms with E-state index in [4.69, 9.17) is 14.2 Å². The van der Waals surface area contributed by atoms with Crippen LogP contribution in [0.4, 0.5) is 0 Å². The smallest absolute Gasteiger partial charge is 0.331 e. The van der Waals surface area contributed by atoms with Crippen LogP contribution in [0.2, 0.25) is 0 Å². The average Bonchev–Trinajstić information content (AvgIpc) is 3.41. The van der Waals surface area contributed by atoms with E-state index in [-0.39, 0.29) is 13.2 Å². The van der Waals surface area contributed by atoms with Gasteiger partial charge in [0.25, 0.3) is 0 Å². The minimum absolute atomic E-state index is 0.300. The maximum Gasteiger partial charge on any atom is 0.331 e. The fraction of sp³-hybridized carbons (Fsp3) is 0.522. The number of unbranched alkanes of at least 4 members (excludes halogenated alkanes) is 27. The van der Waals surface area contributed by atoms with Gasteiger partial charge in [-0.1, -0.05) is 339 Å². The fourth-order valence-electron chi connectivity index (χ4n) is 7.57. The van der Waals surface area contributed by atoms with Gasteiger partial charge >= 0.3 is 17.9 Å². The normalized spacial score (nSPS) is 13.1. The number of rotatable bonds is 50. The molecule has 0 aliphatic carbocycles. The molecular formula is C69H104O6. The summed E-state index contributed by atoms with van der Waals surface area (Å²) >= 11 is 0. The van der Waals surface area contributed by atoms with E-state index in [1.807, 2.05) is 85.1 Å². The molecule has 0 spiro atoms. The van der Waals surface area contributed by atoms with E-state index in [0.717, 1.165) is 19.3 Å². The minimum Gasteiger partial charge on any atom is -0.458 e. The molecule has 0 amide bonds. The monoisotopic (exact) mass is 1030 g/mol. The van der Waals surface area contributed by atoms with Crippen LogP contribution in [0.25, 0.3) is 0 Å². The molecule has 0 N–H and O–H groups in total. The molecule has 0 heterocycles. The van der Waals surface area contributed by atoms with Gasteiger partial charge in [-0.3, -0.25) is 0 Å². The Morgan fingerprint density at radius 3 is 0.747 bits per heavy atom. The van der Waals surface area contributed by atoms with Crippen LogP contribution in [0.5, 0.6) is 0 Å². The minimum atomic E-state index is -1.02. The van der Waals surface area contributed by atoms with Gasteiger partial charge in [0.1, 0.15) is 13.2 Å². The zero-order valence-electron chi connectivity index (χ0n) is 47.5. The second-order valence-corrected chi connectivity index (χ2v) is 19.0. The molecule has 0 unspecified atom stereocenters. The van der Waals surface area contributed by atoms with Gasteiger partial charge in [0.15, 0.2) is 6.10 Å². The predicted molar refractivity (Wildman–Crippen MR) is 324 cm³/mol. The van der Waals surface area contributed by atoms with Crippen molar-refractivity contribution in [1.82, 2.24) is 0 Å². The van der Waals surface area contributed by atoms with Crippen LogP contribution in [-0.2, 0) is 28.6 Å². The summed E-state index contributed by atoms with van der Waals surface area (Å²) in [5.41, 5.74) is 0. The molecule has 0 saturated heterocycles. The highest BCUT2D eigenvalue weighted by Crippen LogP contribution is 2.13. The van der Waals surface area contributed by atoms with Gasteiger partial charge < -0.3 is 14.2 Å². The van der Waals surface area contributed by atoms with E-state index in [2.05, 4.69) is 57.2 Å². The first-order chi connectivity index (χ1) is 37.0. The Morgan fingerprint density at radius 2 is 0.480 bits per heavy atom. The van der Waals surface area contributed by atoms with Crippen molar-refractivity contribution >= 4 is 17.9 Å². The number of hydrogen-bond donors (Lipinski definition) is 0. The molecule has 0 rings (SSSR count). The van der Waals surface area contributed by atoms with Gasteiger partial charge in [-0.05, 0) is 38.5 Å². The van der Waals surface area contributed by atoms with Crippen LogP contribution in [0.15, 0.2) is 182 Å². The van der Waals surface area contributed by atoms with Gasteiger partial charge in [-0.25, -0.2) is 14.4 Å². The van der Waals surface area contributed by atoms with Gasteiger partial charge in [0.2, 0.25) is 0 Å². The SMILES string of the molecule is CCCCCCCCCCC/C=C/C=C/C=C/C=C/C=C/C(=O)OCC(COC(=O)/C=C/C=C/C=C/C=C/C=C/CCCCCCCCCCC)OC(=O)/C=C/C=C/C=C/C=C/C=C/CCCCCCCCCCC. The largest absolute Gasteiger partial charge is 0.458 e. The van der Waals surface area contributed by atoms with Crippen molar-refractivity contribution in [2.75, 3.05) is 13.2 Å². The van der Waals surface area contributed by atoms with Crippen molar-refractivity contribution in [1.29, 1.82) is 0 Å². The Morgan fingerprint density at radius 1 is 0.267 bits per heavy atom. The summed E-state index contributed by atoms with van der Waals surface area (Å²) in [6.45, 7) is 6.18. The highest BCUT2D eigenvalue weighted by atomic mass is 16.6. The van der Waals surface area contributed by atoms with E-state index in [1.54, 1.807) is 42.5 Å². The lowest BCUT2D eigenvalue weighted by atomic mass is 10.1. The molecule has 0 saturated carbocycles. The molecule has 0 aromatic carbocycles. The number of carbonyl (C=O) groups excluding carboxylic acids is 3. The first-order valence-electron chi connectivity index (χ1n) is 29.6. The van der Waals surface area contributed by atoms with E-state index in [1.165, 1.54) is 192 Å². The van der Waals surface area contributed by atoms with Gasteiger partial charge in [0, 0.05) is 18.2 Å². The summed E-state index contributed by atoms with van der Waals surface area (Å²) in [5, 5.41) is 0. The van der Waals surface area contributed by atoms with Crippen LogP contribution in [-0.4, -0.2) is 37.2 Å². The fourth-order valence-corrected chi connectivity index (χ4v) is 7.57. The van der Waals surface area contributed by atoms with Crippen molar-refractivity contribution in [2.24, 2.45) is 0 Å². The van der Waals surface area contributed by atoms with Crippen LogP contribution >= 0.6 is 0 Å². The van der Waals surface area contributed by atoms with Gasteiger partial charge in [-0.2, -0.15) is 0 Å². The maximum atomic E-state index is 12.7. The topological polar surface area (TPSA) is 78.9 Å². The van der Waals surface area contributed by atoms with Crippen molar-refractivity contribution in [2.45, 2.75) is 219 Å². The lowest BCUT2D eigenvalue weighted by molar-refractivity contribution is -0.160. The number of carbonyl (C=O) groups is 3. The van der Waals surface area contributed by atoms with E-state index in [9.17, 15) is 14.4 Å². The quantitative estimate of drug-likeness (QED) is 0.0199. The summed E-state index contributed by atoms with van der Waals surface area (Å²) in [7, 11) is 0. The van der Waals surface area contributed by atoms with Crippen molar-refractivity contribution < 1.29 is 28.6 Å². The number of hydrogen-bond acceptors (Lipinski definition) is 6. The molecule has 0 radical (unpaired) electrons. The Bertz CT molecular complexity index is 1710. The Kier molecular flexibility index (Phi) is 56.6. The number of ether oxygens (including phenoxy) is 3. The van der Waals surface area contributed by atoms with Crippen molar-refractivity contribution in [3.63, 3.8) is 0 Å². The van der Waals surface area contributed by atoms with E-state index >= 15 is 0 Å². The second-order valence-electron chi connectivity index (χ2n) is 19.0. The molecule has 6 heteroatoms. The summed E-state index contributed by atoms with van der Waals surface area (Å²) in [6, 6.07) is 0. The third-order valence-electron chi connectivity index (χ3n) is 12.0. The van der Waals surface area contributed by atoms with Gasteiger partial charge in [-0.15, -0.1) is 0 Å². The summed E-state index contributed by atoms with van der Waals surface area (Å²) < 4.78 is 16.2. The lowest BCUT2D eigenvalue weighted by Crippen LogP contribution is -2.29. The van der Waals surface area contributed by atoms with Gasteiger partial charge in [0.05, 0.1) is 0 Å². The zero-order chi connectivity index (χ0) is 54.3. The van der Waals surface area contributed by atoms with Crippen LogP contribution < -0.4 is 0 Å². The van der Waals surface area contributed by atoms with Crippen molar-refractivity contribution in [3.05, 3.63) is 182 Å². The molecule has 416 valence electrons. The molecule has 0 aliphatic rings. The lowest BCUT2D eigenvalue weighted by Gasteiger charge is -2.16. The second kappa shape index (κ2) is 61.1. The highest BCUT2D eigenvalue weighted by Gasteiger charge is 2.17. The molecule has 6 nitrogen and oxygen atoms in total. The maximum absolute atomic E-state index is 12.7. The summed E-state index contributed by atoms with van der Waals surface area (Å²) in [4.78, 5) is 37.7. The van der Waals surface area contributed by atoms with E-state index in [0.29, 0.717) is 0 Å². The molecule has 0 atom stereocenters. The molecule has 75 heavy (non-hydrogen) atoms. The molecule has 0 aromatic heterocycles. The van der Waals surface area contributed by atoms with E-state index < -0.39 is 24.0 Å². The van der Waals surface area contributed by atoms with Crippen molar-refractivity contribution in [3.8, 4) is 0 Å². The first kappa shape index (κ1) is 69.5. The Balaban J connectivity index is 4.95. The Labute approximate surface area is 459 Å². The van der Waals surface area contributed by atoms with Crippen LogP contribution in [0, 0.1) is 0 Å². The first-order valence-corrected chi connectivity index (χ1v) is 29.6. The summed E-state index contributed by atoms with van der Waals surface area (Å²) in [5.74, 6) is -1.92. The third kappa shape index (κ3) is 59.3. The summed E-state index contributed by atoms with van der Waals surface area (Å²) in [6.07, 6.45) is 93.6. The standard InChI is InChI=1S/C69H104O6/c1-4-7-10-13-16-19-22-25-28-31-34-37-40-43-46-49-52-55-58-61-67(70)73-64-66(75-69(72)63-60-57-54-51-48-45-42-39-36-33-30-27-24-21-18-15-12-9-6-3)65-74-68(71)62-59-56-53-50-47-44-41-38-35-32-29-26-23-20-17-14-11-8-5-2/h34-63,66H,4-33,64-65H2,1-3H3/b37-34+,38-35+,39-36+,43-40+,44-41+,45-42+,49-46+,50-47+,51-48+,55-52+,56-53+,57-54+,61-58+,62-59+,63-60+. The Hall–Kier alpha value is -5.49. The molecule has 0 bridgehead atoms. The molecular weight excluding hydrogens is 925 g/mol. The average molecular weight is 1030 g/mol. The van der Waals surface area contributed by atoms with Crippen LogP contribution in [0.1, 0.15) is 213 Å². The highest BCUT2D eigenvalue weighted by molar-refractivity contribution is 5.84. The third-order valence-corrected chi connectivity index (χ3v) is 12.0. The predicted octanol–water partition coefficient (Wildman–Crippen LogP) is 20.1.